The zero-order chi connectivity index (χ0) is 16.1. The van der Waals surface area contributed by atoms with Gasteiger partial charge < -0.3 is 0 Å². The minimum absolute atomic E-state index is 0.493. The van der Waals surface area contributed by atoms with Crippen LogP contribution in [0.5, 0.6) is 0 Å². The Morgan fingerprint density at radius 1 is 1.00 bits per heavy atom. The molecule has 20 heavy (non-hydrogen) atoms. The van der Waals surface area contributed by atoms with E-state index in [0.29, 0.717) is 17.8 Å². The fraction of sp³-hybridized carbons (Fsp3) is 1.00. The summed E-state index contributed by atoms with van der Waals surface area (Å²) in [7, 11) is 4.23. The second-order valence-corrected chi connectivity index (χ2v) is 27.8. The van der Waals surface area contributed by atoms with Crippen molar-refractivity contribution in [1.82, 2.24) is 18.6 Å². The second kappa shape index (κ2) is 5.41. The molecule has 0 radical (unpaired) electrons. The fourth-order valence-corrected chi connectivity index (χ4v) is 24.5. The van der Waals surface area contributed by atoms with Gasteiger partial charge in [-0.1, -0.05) is 0 Å². The molecule has 2 N–H and O–H groups in total. The Morgan fingerprint density at radius 2 is 1.50 bits per heavy atom. The van der Waals surface area contributed by atoms with Crippen LogP contribution in [-0.4, -0.2) is 76.3 Å². The van der Waals surface area contributed by atoms with Gasteiger partial charge in [0.1, 0.15) is 0 Å². The normalized spacial score (nSPS) is 39.7. The molecular formula is C10H34N5P5. The van der Waals surface area contributed by atoms with E-state index in [4.69, 9.17) is 4.52 Å². The van der Waals surface area contributed by atoms with E-state index in [1.54, 1.807) is 0 Å². The van der Waals surface area contributed by atoms with Crippen LogP contribution in [0.15, 0.2) is 4.52 Å². The van der Waals surface area contributed by atoms with Gasteiger partial charge in [-0.15, -0.1) is 0 Å². The molecule has 0 saturated heterocycles. The molecule has 0 aromatic heterocycles. The van der Waals surface area contributed by atoms with Gasteiger partial charge in [-0.25, -0.2) is 0 Å². The fourth-order valence-electron chi connectivity index (χ4n) is 2.55. The Morgan fingerprint density at radius 3 is 2.00 bits per heavy atom. The standard InChI is InChI=1S/C10H34N5P5/c1-14-18(3,4)12-16-11-17-13-19(5,6,7)15(2)20(14,8,9)10/h11,13,16-17H,1-10H3. The van der Waals surface area contributed by atoms with Crippen molar-refractivity contribution < 1.29 is 0 Å². The van der Waals surface area contributed by atoms with E-state index in [-0.39, 0.29) is 0 Å². The second-order valence-electron chi connectivity index (χ2n) is 8.23. The van der Waals surface area contributed by atoms with Crippen molar-refractivity contribution in [2.24, 2.45) is 4.52 Å². The Bertz CT molecular complexity index is 440. The average Bonchev–Trinajstić information content (AvgIpc) is 2.24. The van der Waals surface area contributed by atoms with E-state index in [2.05, 4.69) is 86.0 Å². The summed E-state index contributed by atoms with van der Waals surface area (Å²) >= 11 is 0. The zero-order valence-corrected chi connectivity index (χ0v) is 19.4. The molecule has 0 aromatic rings. The monoisotopic (exact) mass is 379 g/mol. The molecule has 1 rings (SSSR count). The summed E-state index contributed by atoms with van der Waals surface area (Å²) in [5.41, 5.74) is 0. The molecule has 10 heteroatoms. The molecule has 0 bridgehead atoms. The maximum atomic E-state index is 4.99. The molecule has 2 atom stereocenters. The van der Waals surface area contributed by atoms with Crippen molar-refractivity contribution in [3.63, 3.8) is 0 Å². The molecule has 1 aliphatic rings. The van der Waals surface area contributed by atoms with Crippen LogP contribution in [0.3, 0.4) is 0 Å². The van der Waals surface area contributed by atoms with Crippen molar-refractivity contribution in [2.75, 3.05) is 67.4 Å². The number of rotatable bonds is 0. The third-order valence-corrected chi connectivity index (χ3v) is 25.7. The SMILES string of the molecule is CN1P(C)(C)=NPNPNP(C)(C)(C)N(C)P1(C)(C)C. The third-order valence-electron chi connectivity index (χ3n) is 4.57. The van der Waals surface area contributed by atoms with Crippen LogP contribution in [0.4, 0.5) is 0 Å². The third kappa shape index (κ3) is 3.82. The summed E-state index contributed by atoms with van der Waals surface area (Å²) in [6.07, 6.45) is 0. The summed E-state index contributed by atoms with van der Waals surface area (Å²) in [6, 6.07) is 0. The number of hydrogen-bond acceptors (Lipinski definition) is 5. The Balaban J connectivity index is 3.51. The Labute approximate surface area is 129 Å². The maximum absolute atomic E-state index is 4.99. The number of nitrogens with one attached hydrogen (secondary N) is 2. The predicted molar refractivity (Wildman–Crippen MR) is 109 cm³/mol. The van der Waals surface area contributed by atoms with Crippen LogP contribution < -0.4 is 9.72 Å². The van der Waals surface area contributed by atoms with Gasteiger partial charge >= 0.3 is 129 Å². The predicted octanol–water partition coefficient (Wildman–Crippen LogP) is 3.98. The van der Waals surface area contributed by atoms with E-state index in [9.17, 15) is 0 Å². The van der Waals surface area contributed by atoms with Gasteiger partial charge in [-0.05, 0) is 0 Å². The minimum atomic E-state index is -2.17. The van der Waals surface area contributed by atoms with Gasteiger partial charge in [0.15, 0.2) is 0 Å². The molecule has 0 saturated carbocycles. The van der Waals surface area contributed by atoms with Gasteiger partial charge in [0.05, 0.1) is 0 Å². The molecule has 1 aliphatic heterocycles. The molecule has 0 aromatic carbocycles. The van der Waals surface area contributed by atoms with Crippen LogP contribution >= 0.6 is 38.8 Å². The molecule has 5 nitrogen and oxygen atoms in total. The summed E-state index contributed by atoms with van der Waals surface area (Å²) in [5, 5.41) is 0. The van der Waals surface area contributed by atoms with E-state index in [1.165, 1.54) is 0 Å². The number of hydrogen-bond donors (Lipinski definition) is 2. The molecule has 0 aliphatic carbocycles. The first-order chi connectivity index (χ1) is 8.57. The van der Waals surface area contributed by atoms with Crippen LogP contribution in [0.2, 0.25) is 0 Å². The first-order valence-electron chi connectivity index (χ1n) is 6.67. The molecule has 0 fully saturated rings. The van der Waals surface area contributed by atoms with E-state index >= 15 is 0 Å². The van der Waals surface area contributed by atoms with Crippen LogP contribution in [0, 0.1) is 0 Å². The van der Waals surface area contributed by atoms with Crippen molar-refractivity contribution >= 4 is 38.8 Å². The molecule has 124 valence electrons. The van der Waals surface area contributed by atoms with Crippen molar-refractivity contribution in [2.45, 2.75) is 0 Å². The Hall–Kier alpha value is 1.79. The van der Waals surface area contributed by atoms with Crippen molar-refractivity contribution in [3.8, 4) is 0 Å². The molecule has 0 amide bonds. The number of nitrogens with zero attached hydrogens (tertiary/aromatic N) is 3. The first-order valence-corrected chi connectivity index (χ1v) is 18.2. The van der Waals surface area contributed by atoms with Crippen LogP contribution in [0.1, 0.15) is 0 Å². The first kappa shape index (κ1) is 19.8. The Kier molecular flexibility index (Phi) is 5.37. The quantitative estimate of drug-likeness (QED) is 0.625. The van der Waals surface area contributed by atoms with Gasteiger partial charge in [0, 0.05) is 0 Å². The molecule has 1 heterocycles. The van der Waals surface area contributed by atoms with Gasteiger partial charge in [-0.2, -0.15) is 0 Å². The van der Waals surface area contributed by atoms with Crippen LogP contribution in [-0.2, 0) is 0 Å². The summed E-state index contributed by atoms with van der Waals surface area (Å²) in [6.45, 7) is 15.0. The topological polar surface area (TPSA) is 42.9 Å². The van der Waals surface area contributed by atoms with E-state index < -0.39 is 21.0 Å². The molecule has 0 spiro atoms. The van der Waals surface area contributed by atoms with Crippen molar-refractivity contribution in [1.29, 1.82) is 0 Å². The average molecular weight is 379 g/mol. The van der Waals surface area contributed by atoms with Crippen LogP contribution in [0.25, 0.3) is 0 Å². The van der Waals surface area contributed by atoms with E-state index in [0.717, 1.165) is 0 Å². The summed E-state index contributed by atoms with van der Waals surface area (Å²) in [4.78, 5) is 7.29. The molecular weight excluding hydrogens is 345 g/mol. The van der Waals surface area contributed by atoms with Gasteiger partial charge in [-0.3, -0.25) is 0 Å². The van der Waals surface area contributed by atoms with E-state index in [1.807, 2.05) is 0 Å². The van der Waals surface area contributed by atoms with Gasteiger partial charge in [0.2, 0.25) is 0 Å². The zero-order valence-electron chi connectivity index (χ0n) is 14.7. The summed E-state index contributed by atoms with van der Waals surface area (Å²) < 4.78 is 10.3. The van der Waals surface area contributed by atoms with Gasteiger partial charge in [0.25, 0.3) is 0 Å². The van der Waals surface area contributed by atoms with Crippen molar-refractivity contribution in [3.05, 3.63) is 0 Å². The summed E-state index contributed by atoms with van der Waals surface area (Å²) in [5.74, 6) is 0. The molecule has 2 unspecified atom stereocenters.